The van der Waals surface area contributed by atoms with E-state index in [0.29, 0.717) is 23.2 Å². The molecule has 1 heterocycles. The lowest BCUT2D eigenvalue weighted by atomic mass is 10.1. The summed E-state index contributed by atoms with van der Waals surface area (Å²) in [5.41, 5.74) is 6.23. The molecule has 118 valence electrons. The number of halogens is 1. The van der Waals surface area contributed by atoms with Crippen molar-refractivity contribution in [1.29, 1.82) is 0 Å². The summed E-state index contributed by atoms with van der Waals surface area (Å²) < 4.78 is 27.6. The Morgan fingerprint density at radius 2 is 1.71 bits per heavy atom. The van der Waals surface area contributed by atoms with Crippen LogP contribution in [0.2, 0.25) is 0 Å². The van der Waals surface area contributed by atoms with Crippen molar-refractivity contribution in [2.24, 2.45) is 0 Å². The molecule has 0 unspecified atom stereocenters. The number of hydrogen-bond donors (Lipinski definition) is 1. The number of piperazine rings is 1. The topological polar surface area (TPSA) is 66.6 Å². The Bertz CT molecular complexity index is 618. The number of nitrogen functional groups attached to an aromatic ring is 1. The van der Waals surface area contributed by atoms with Gasteiger partial charge >= 0.3 is 0 Å². The van der Waals surface area contributed by atoms with Crippen LogP contribution in [-0.4, -0.2) is 49.3 Å². The van der Waals surface area contributed by atoms with Gasteiger partial charge in [-0.3, -0.25) is 4.90 Å². The average Bonchev–Trinajstić information content (AvgIpc) is 2.40. The van der Waals surface area contributed by atoms with Gasteiger partial charge in [0.2, 0.25) is 10.0 Å². The normalized spacial score (nSPS) is 18.9. The van der Waals surface area contributed by atoms with Gasteiger partial charge in [-0.25, -0.2) is 8.42 Å². The molecule has 0 aliphatic carbocycles. The number of anilines is 1. The van der Waals surface area contributed by atoms with Crippen LogP contribution in [0.5, 0.6) is 0 Å². The van der Waals surface area contributed by atoms with Gasteiger partial charge in [-0.05, 0) is 54.9 Å². The van der Waals surface area contributed by atoms with Crippen LogP contribution >= 0.6 is 15.9 Å². The van der Waals surface area contributed by atoms with Crippen molar-refractivity contribution in [3.63, 3.8) is 0 Å². The zero-order chi connectivity index (χ0) is 15.8. The highest BCUT2D eigenvalue weighted by Crippen LogP contribution is 2.28. The Morgan fingerprint density at radius 3 is 2.24 bits per heavy atom. The maximum absolute atomic E-state index is 12.7. The van der Waals surface area contributed by atoms with Crippen molar-refractivity contribution < 1.29 is 8.42 Å². The molecule has 1 fully saturated rings. The van der Waals surface area contributed by atoms with Crippen LogP contribution < -0.4 is 5.73 Å². The standard InChI is InChI=1S/C14H22BrN3O2S/c1-14(2,3)17-6-8-18(9-7-17)21(19,20)13-10-11(16)4-5-12(13)15/h4-5,10H,6-9,16H2,1-3H3. The van der Waals surface area contributed by atoms with E-state index < -0.39 is 10.0 Å². The average molecular weight is 376 g/mol. The third-order valence-electron chi connectivity index (χ3n) is 3.76. The number of hydrogen-bond acceptors (Lipinski definition) is 4. The fraction of sp³-hybridized carbons (Fsp3) is 0.571. The molecule has 5 nitrogen and oxygen atoms in total. The van der Waals surface area contributed by atoms with Gasteiger partial charge in [0.05, 0.1) is 4.90 Å². The lowest BCUT2D eigenvalue weighted by Gasteiger charge is -2.41. The van der Waals surface area contributed by atoms with Crippen molar-refractivity contribution >= 4 is 31.6 Å². The second-order valence-corrected chi connectivity index (χ2v) is 9.01. The van der Waals surface area contributed by atoms with E-state index >= 15 is 0 Å². The molecule has 0 aromatic heterocycles. The largest absolute Gasteiger partial charge is 0.399 e. The maximum Gasteiger partial charge on any atom is 0.244 e. The van der Waals surface area contributed by atoms with E-state index in [1.165, 1.54) is 10.4 Å². The van der Waals surface area contributed by atoms with Crippen molar-refractivity contribution in [1.82, 2.24) is 9.21 Å². The summed E-state index contributed by atoms with van der Waals surface area (Å²) in [6.07, 6.45) is 0. The van der Waals surface area contributed by atoms with Crippen molar-refractivity contribution in [3.05, 3.63) is 22.7 Å². The van der Waals surface area contributed by atoms with Gasteiger partial charge in [0.15, 0.2) is 0 Å². The van der Waals surface area contributed by atoms with Crippen molar-refractivity contribution in [3.8, 4) is 0 Å². The Balaban J connectivity index is 2.21. The molecule has 1 aliphatic rings. The third kappa shape index (κ3) is 3.59. The fourth-order valence-corrected chi connectivity index (χ4v) is 4.84. The van der Waals surface area contributed by atoms with Gasteiger partial charge in [-0.2, -0.15) is 4.31 Å². The summed E-state index contributed by atoms with van der Waals surface area (Å²) in [6.45, 7) is 8.91. The number of benzene rings is 1. The Hall–Kier alpha value is -0.630. The number of nitrogens with zero attached hydrogens (tertiary/aromatic N) is 2. The van der Waals surface area contributed by atoms with Crippen LogP contribution in [0.1, 0.15) is 20.8 Å². The molecule has 1 aliphatic heterocycles. The Kier molecular flexibility index (Phi) is 4.68. The molecule has 0 spiro atoms. The second kappa shape index (κ2) is 5.87. The monoisotopic (exact) mass is 375 g/mol. The van der Waals surface area contributed by atoms with Gasteiger partial charge in [0, 0.05) is 41.9 Å². The molecule has 2 rings (SSSR count). The minimum Gasteiger partial charge on any atom is -0.399 e. The van der Waals surface area contributed by atoms with Gasteiger partial charge in [-0.15, -0.1) is 0 Å². The van der Waals surface area contributed by atoms with Crippen molar-refractivity contribution in [2.45, 2.75) is 31.2 Å². The molecule has 7 heteroatoms. The quantitative estimate of drug-likeness (QED) is 0.804. The summed E-state index contributed by atoms with van der Waals surface area (Å²) >= 11 is 3.30. The summed E-state index contributed by atoms with van der Waals surface area (Å²) in [4.78, 5) is 2.54. The molecule has 0 atom stereocenters. The summed E-state index contributed by atoms with van der Waals surface area (Å²) in [6, 6.07) is 4.86. The predicted molar refractivity (Wildman–Crippen MR) is 88.6 cm³/mol. The lowest BCUT2D eigenvalue weighted by Crippen LogP contribution is -2.54. The summed E-state index contributed by atoms with van der Waals surface area (Å²) in [5.74, 6) is 0. The van der Waals surface area contributed by atoms with Crippen LogP contribution in [0.4, 0.5) is 5.69 Å². The lowest BCUT2D eigenvalue weighted by molar-refractivity contribution is 0.0922. The zero-order valence-corrected chi connectivity index (χ0v) is 15.0. The second-order valence-electron chi connectivity index (χ2n) is 6.25. The maximum atomic E-state index is 12.7. The third-order valence-corrected chi connectivity index (χ3v) is 6.65. The van der Waals surface area contributed by atoms with Crippen molar-refractivity contribution in [2.75, 3.05) is 31.9 Å². The highest BCUT2D eigenvalue weighted by atomic mass is 79.9. The molecule has 0 bridgehead atoms. The molecule has 0 saturated carbocycles. The van der Waals surface area contributed by atoms with Crippen LogP contribution in [0, 0.1) is 0 Å². The highest BCUT2D eigenvalue weighted by molar-refractivity contribution is 9.10. The molecular formula is C14H22BrN3O2S. The molecule has 21 heavy (non-hydrogen) atoms. The van der Waals surface area contributed by atoms with Gasteiger partial charge in [0.1, 0.15) is 0 Å². The van der Waals surface area contributed by atoms with E-state index in [1.54, 1.807) is 12.1 Å². The summed E-state index contributed by atoms with van der Waals surface area (Å²) in [5, 5.41) is 0. The molecule has 1 saturated heterocycles. The summed E-state index contributed by atoms with van der Waals surface area (Å²) in [7, 11) is -3.50. The number of sulfonamides is 1. The van der Waals surface area contributed by atoms with Gasteiger partial charge in [-0.1, -0.05) is 0 Å². The predicted octanol–water partition coefficient (Wildman–Crippen LogP) is 2.14. The molecule has 2 N–H and O–H groups in total. The molecule has 0 radical (unpaired) electrons. The Labute approximate surface area is 135 Å². The van der Waals surface area contributed by atoms with E-state index in [2.05, 4.69) is 41.6 Å². The van der Waals surface area contributed by atoms with Gasteiger partial charge < -0.3 is 5.73 Å². The van der Waals surface area contributed by atoms with E-state index in [-0.39, 0.29) is 10.4 Å². The first-order valence-corrected chi connectivity index (χ1v) is 9.16. The van der Waals surface area contributed by atoms with Crippen LogP contribution in [-0.2, 0) is 10.0 Å². The smallest absolute Gasteiger partial charge is 0.244 e. The fourth-order valence-electron chi connectivity index (χ4n) is 2.46. The molecule has 1 aromatic carbocycles. The minimum atomic E-state index is -3.50. The van der Waals surface area contributed by atoms with Crippen LogP contribution in [0.15, 0.2) is 27.6 Å². The first-order valence-electron chi connectivity index (χ1n) is 6.92. The number of nitrogens with two attached hydrogens (primary N) is 1. The minimum absolute atomic E-state index is 0.0631. The van der Waals surface area contributed by atoms with Gasteiger partial charge in [0.25, 0.3) is 0 Å². The first-order chi connectivity index (χ1) is 9.62. The number of rotatable bonds is 2. The first kappa shape index (κ1) is 16.7. The molecular weight excluding hydrogens is 354 g/mol. The molecule has 1 aromatic rings. The van der Waals surface area contributed by atoms with E-state index in [1.807, 2.05) is 0 Å². The van der Waals surface area contributed by atoms with Crippen LogP contribution in [0.25, 0.3) is 0 Å². The van der Waals surface area contributed by atoms with E-state index in [9.17, 15) is 8.42 Å². The highest BCUT2D eigenvalue weighted by Gasteiger charge is 2.33. The molecule has 0 amide bonds. The van der Waals surface area contributed by atoms with E-state index in [0.717, 1.165) is 13.1 Å². The van der Waals surface area contributed by atoms with Crippen LogP contribution in [0.3, 0.4) is 0 Å². The zero-order valence-electron chi connectivity index (χ0n) is 12.6. The Morgan fingerprint density at radius 1 is 1.14 bits per heavy atom. The van der Waals surface area contributed by atoms with E-state index in [4.69, 9.17) is 5.73 Å². The SMILES string of the molecule is CC(C)(C)N1CCN(S(=O)(=O)c2cc(N)ccc2Br)CC1.